The zero-order chi connectivity index (χ0) is 17.6. The smallest absolute Gasteiger partial charge is 0.230 e. The van der Waals surface area contributed by atoms with Crippen molar-refractivity contribution in [3.8, 4) is 0 Å². The van der Waals surface area contributed by atoms with E-state index < -0.39 is 0 Å². The molecule has 1 fully saturated rings. The Labute approximate surface area is 148 Å². The standard InChI is InChI=1S/C20H24FN3O/c1-16-4-2-3-5-19(16)24-14-12-23(13-15-24)11-10-20(25)22-18-8-6-17(21)7-9-18/h2-9H,10-15H2,1H3,(H,22,25)/p+1. The van der Waals surface area contributed by atoms with Crippen LogP contribution in [0.15, 0.2) is 48.5 Å². The molecule has 0 atom stereocenters. The number of quaternary nitrogens is 1. The number of nitrogens with one attached hydrogen (secondary N) is 2. The Morgan fingerprint density at radius 1 is 1.12 bits per heavy atom. The van der Waals surface area contributed by atoms with E-state index >= 15 is 0 Å². The lowest BCUT2D eigenvalue weighted by Gasteiger charge is -2.34. The number of carbonyl (C=O) groups excluding carboxylic acids is 1. The third kappa shape index (κ3) is 4.79. The summed E-state index contributed by atoms with van der Waals surface area (Å²) in [7, 11) is 0. The Balaban J connectivity index is 1.42. The van der Waals surface area contributed by atoms with Crippen LogP contribution < -0.4 is 15.1 Å². The van der Waals surface area contributed by atoms with Crippen LogP contribution in [0, 0.1) is 12.7 Å². The molecule has 2 aromatic carbocycles. The third-order valence-corrected chi connectivity index (χ3v) is 4.76. The van der Waals surface area contributed by atoms with Crippen LogP contribution >= 0.6 is 0 Å². The van der Waals surface area contributed by atoms with Gasteiger partial charge in [0.2, 0.25) is 5.91 Å². The van der Waals surface area contributed by atoms with Crippen LogP contribution in [0.3, 0.4) is 0 Å². The fourth-order valence-corrected chi connectivity index (χ4v) is 3.28. The van der Waals surface area contributed by atoms with E-state index in [1.807, 2.05) is 0 Å². The van der Waals surface area contributed by atoms with Gasteiger partial charge in [0.05, 0.1) is 39.1 Å². The molecule has 2 N–H and O–H groups in total. The number of piperazine rings is 1. The Bertz CT molecular complexity index is 709. The number of amides is 1. The molecule has 0 spiro atoms. The molecule has 0 aliphatic carbocycles. The summed E-state index contributed by atoms with van der Waals surface area (Å²) in [5.41, 5.74) is 3.27. The molecule has 0 saturated carbocycles. The zero-order valence-corrected chi connectivity index (χ0v) is 14.6. The van der Waals surface area contributed by atoms with Crippen molar-refractivity contribution >= 4 is 17.3 Å². The van der Waals surface area contributed by atoms with Crippen molar-refractivity contribution < 1.29 is 14.1 Å². The maximum atomic E-state index is 12.9. The van der Waals surface area contributed by atoms with Gasteiger partial charge in [-0.25, -0.2) is 4.39 Å². The monoisotopic (exact) mass is 342 g/mol. The van der Waals surface area contributed by atoms with Gasteiger partial charge in [-0.3, -0.25) is 4.79 Å². The van der Waals surface area contributed by atoms with Gasteiger partial charge in [-0.15, -0.1) is 0 Å². The number of anilines is 2. The molecule has 0 radical (unpaired) electrons. The lowest BCUT2D eigenvalue weighted by atomic mass is 10.1. The second-order valence-corrected chi connectivity index (χ2v) is 6.58. The second-order valence-electron chi connectivity index (χ2n) is 6.58. The molecular formula is C20H25FN3O+. The first-order valence-corrected chi connectivity index (χ1v) is 8.81. The van der Waals surface area contributed by atoms with E-state index in [1.165, 1.54) is 28.3 Å². The summed E-state index contributed by atoms with van der Waals surface area (Å²) in [6.07, 6.45) is 0.483. The van der Waals surface area contributed by atoms with E-state index in [0.29, 0.717) is 12.1 Å². The highest BCUT2D eigenvalue weighted by molar-refractivity contribution is 5.90. The van der Waals surface area contributed by atoms with Gasteiger partial charge in [0.15, 0.2) is 0 Å². The highest BCUT2D eigenvalue weighted by Crippen LogP contribution is 2.18. The molecule has 0 bridgehead atoms. The van der Waals surface area contributed by atoms with Crippen LogP contribution in [0.25, 0.3) is 0 Å². The largest absolute Gasteiger partial charge is 0.360 e. The lowest BCUT2D eigenvalue weighted by molar-refractivity contribution is -0.900. The predicted octanol–water partition coefficient (Wildman–Crippen LogP) is 1.87. The quantitative estimate of drug-likeness (QED) is 0.870. The van der Waals surface area contributed by atoms with Crippen molar-refractivity contribution in [1.29, 1.82) is 0 Å². The van der Waals surface area contributed by atoms with Gasteiger partial charge in [0, 0.05) is 11.4 Å². The number of rotatable bonds is 5. The number of aryl methyl sites for hydroxylation is 1. The SMILES string of the molecule is Cc1ccccc1N1CC[NH+](CCC(=O)Nc2ccc(F)cc2)CC1. The van der Waals surface area contributed by atoms with Crippen LogP contribution in [0.5, 0.6) is 0 Å². The molecule has 1 aliphatic rings. The van der Waals surface area contributed by atoms with Crippen molar-refractivity contribution in [3.05, 3.63) is 59.9 Å². The van der Waals surface area contributed by atoms with E-state index in [1.54, 1.807) is 12.1 Å². The van der Waals surface area contributed by atoms with Gasteiger partial charge < -0.3 is 15.1 Å². The fourth-order valence-electron chi connectivity index (χ4n) is 3.28. The van der Waals surface area contributed by atoms with Gasteiger partial charge in [-0.1, -0.05) is 18.2 Å². The van der Waals surface area contributed by atoms with Gasteiger partial charge >= 0.3 is 0 Å². The highest BCUT2D eigenvalue weighted by Gasteiger charge is 2.21. The predicted molar refractivity (Wildman–Crippen MR) is 98.6 cm³/mol. The summed E-state index contributed by atoms with van der Waals surface area (Å²) in [6.45, 7) is 7.08. The molecule has 1 heterocycles. The van der Waals surface area contributed by atoms with Gasteiger partial charge in [-0.05, 0) is 42.8 Å². The first-order chi connectivity index (χ1) is 12.1. The average molecular weight is 342 g/mol. The number of para-hydroxylation sites is 1. The molecule has 1 aliphatic heterocycles. The summed E-state index contributed by atoms with van der Waals surface area (Å²) in [5, 5.41) is 2.82. The molecule has 4 nitrogen and oxygen atoms in total. The van der Waals surface area contributed by atoms with E-state index in [2.05, 4.69) is 41.4 Å². The average Bonchev–Trinajstić information content (AvgIpc) is 2.63. The molecular weight excluding hydrogens is 317 g/mol. The molecule has 3 rings (SSSR count). The molecule has 0 unspecified atom stereocenters. The van der Waals surface area contributed by atoms with Gasteiger partial charge in [0.1, 0.15) is 5.82 Å². The first kappa shape index (κ1) is 17.4. The summed E-state index contributed by atoms with van der Waals surface area (Å²) in [5.74, 6) is -0.311. The van der Waals surface area contributed by atoms with E-state index in [-0.39, 0.29) is 11.7 Å². The highest BCUT2D eigenvalue weighted by atomic mass is 19.1. The van der Waals surface area contributed by atoms with Crippen LogP contribution in [0.2, 0.25) is 0 Å². The number of carbonyl (C=O) groups is 1. The summed E-state index contributed by atoms with van der Waals surface area (Å²) >= 11 is 0. The van der Waals surface area contributed by atoms with E-state index in [4.69, 9.17) is 0 Å². The van der Waals surface area contributed by atoms with E-state index in [0.717, 1.165) is 32.7 Å². The summed E-state index contributed by atoms with van der Waals surface area (Å²) in [6, 6.07) is 14.4. The van der Waals surface area contributed by atoms with Crippen molar-refractivity contribution in [2.24, 2.45) is 0 Å². The maximum Gasteiger partial charge on any atom is 0.230 e. The lowest BCUT2D eigenvalue weighted by Crippen LogP contribution is -3.15. The summed E-state index contributed by atoms with van der Waals surface area (Å²) < 4.78 is 12.9. The van der Waals surface area contributed by atoms with Crippen LogP contribution in [0.1, 0.15) is 12.0 Å². The number of nitrogens with zero attached hydrogens (tertiary/aromatic N) is 1. The molecule has 25 heavy (non-hydrogen) atoms. The minimum atomic E-state index is -0.297. The number of halogens is 1. The minimum absolute atomic E-state index is 0.0135. The molecule has 1 amide bonds. The molecule has 5 heteroatoms. The topological polar surface area (TPSA) is 36.8 Å². The Hall–Kier alpha value is -2.40. The van der Waals surface area contributed by atoms with Crippen LogP contribution in [-0.4, -0.2) is 38.6 Å². The normalized spacial score (nSPS) is 15.2. The van der Waals surface area contributed by atoms with Crippen molar-refractivity contribution in [2.45, 2.75) is 13.3 Å². The van der Waals surface area contributed by atoms with Crippen molar-refractivity contribution in [3.63, 3.8) is 0 Å². The van der Waals surface area contributed by atoms with Crippen molar-refractivity contribution in [2.75, 3.05) is 42.9 Å². The molecule has 0 aromatic heterocycles. The second kappa shape index (κ2) is 8.12. The Morgan fingerprint density at radius 3 is 2.48 bits per heavy atom. The first-order valence-electron chi connectivity index (χ1n) is 8.81. The van der Waals surface area contributed by atoms with Crippen molar-refractivity contribution in [1.82, 2.24) is 0 Å². The van der Waals surface area contributed by atoms with E-state index in [9.17, 15) is 9.18 Å². The van der Waals surface area contributed by atoms with Crippen LogP contribution in [0.4, 0.5) is 15.8 Å². The summed E-state index contributed by atoms with van der Waals surface area (Å²) in [4.78, 5) is 15.9. The van der Waals surface area contributed by atoms with Crippen LogP contribution in [-0.2, 0) is 4.79 Å². The number of benzene rings is 2. The maximum absolute atomic E-state index is 12.9. The Morgan fingerprint density at radius 2 is 1.80 bits per heavy atom. The third-order valence-electron chi connectivity index (χ3n) is 4.76. The number of hydrogen-bond acceptors (Lipinski definition) is 2. The fraction of sp³-hybridized carbons (Fsp3) is 0.350. The molecule has 2 aromatic rings. The molecule has 132 valence electrons. The van der Waals surface area contributed by atoms with Gasteiger partial charge in [0.25, 0.3) is 0 Å². The molecule has 1 saturated heterocycles. The van der Waals surface area contributed by atoms with Gasteiger partial charge in [-0.2, -0.15) is 0 Å². The zero-order valence-electron chi connectivity index (χ0n) is 14.6. The number of hydrogen-bond donors (Lipinski definition) is 2. The minimum Gasteiger partial charge on any atom is -0.360 e. The Kier molecular flexibility index (Phi) is 5.66.